The molecular formula is C22H20Cl2. The number of hydrogen-bond acceptors (Lipinski definition) is 0. The van der Waals surface area contributed by atoms with Gasteiger partial charge in [-0.25, -0.2) is 0 Å². The molecule has 2 aliphatic carbocycles. The van der Waals surface area contributed by atoms with Crippen LogP contribution in [0.1, 0.15) is 60.8 Å². The highest BCUT2D eigenvalue weighted by Gasteiger charge is 2.32. The highest BCUT2D eigenvalue weighted by molar-refractivity contribution is 6.34. The van der Waals surface area contributed by atoms with Crippen LogP contribution in [0.2, 0.25) is 0 Å². The molecule has 24 heavy (non-hydrogen) atoms. The first kappa shape index (κ1) is 16.0. The normalized spacial score (nSPS) is 22.2. The largest absolute Gasteiger partial charge is 0.0882 e. The molecule has 0 saturated carbocycles. The Morgan fingerprint density at radius 1 is 0.667 bits per heavy atom. The van der Waals surface area contributed by atoms with E-state index in [9.17, 15) is 0 Å². The molecule has 2 heteroatoms. The Kier molecular flexibility index (Phi) is 4.06. The molecule has 0 aromatic heterocycles. The summed E-state index contributed by atoms with van der Waals surface area (Å²) in [6.07, 6.45) is 2.05. The van der Waals surface area contributed by atoms with E-state index in [0.717, 1.165) is 22.9 Å². The zero-order valence-electron chi connectivity index (χ0n) is 13.9. The van der Waals surface area contributed by atoms with Gasteiger partial charge in [0.15, 0.2) is 0 Å². The van der Waals surface area contributed by atoms with Crippen LogP contribution in [0.3, 0.4) is 0 Å². The second-order valence-electron chi connectivity index (χ2n) is 6.80. The fourth-order valence-corrected chi connectivity index (χ4v) is 4.89. The summed E-state index contributed by atoms with van der Waals surface area (Å²) in [7, 11) is 0. The summed E-state index contributed by atoms with van der Waals surface area (Å²) in [6, 6.07) is 17.2. The monoisotopic (exact) mass is 354 g/mol. The van der Waals surface area contributed by atoms with E-state index < -0.39 is 0 Å². The molecule has 2 aliphatic rings. The predicted octanol–water partition coefficient (Wildman–Crippen LogP) is 7.30. The molecule has 2 unspecified atom stereocenters. The average molecular weight is 355 g/mol. The first-order valence-corrected chi connectivity index (χ1v) is 9.26. The lowest BCUT2D eigenvalue weighted by molar-refractivity contribution is 0.632. The first-order chi connectivity index (χ1) is 11.6. The SMILES string of the molecule is CC1=C(Cl)C(CCC2C(Cl)=C(C)c3ccccc32)c2ccccc21. The van der Waals surface area contributed by atoms with Crippen molar-refractivity contribution in [2.45, 2.75) is 38.5 Å². The van der Waals surface area contributed by atoms with Crippen molar-refractivity contribution in [3.63, 3.8) is 0 Å². The molecule has 0 bridgehead atoms. The molecule has 0 radical (unpaired) electrons. The van der Waals surface area contributed by atoms with Gasteiger partial charge in [0.2, 0.25) is 0 Å². The molecule has 122 valence electrons. The Hall–Kier alpha value is -1.50. The third-order valence-corrected chi connectivity index (χ3v) is 6.65. The number of benzene rings is 2. The molecular weight excluding hydrogens is 335 g/mol. The van der Waals surface area contributed by atoms with Crippen LogP contribution < -0.4 is 0 Å². The Morgan fingerprint density at radius 3 is 1.46 bits per heavy atom. The maximum atomic E-state index is 6.68. The van der Waals surface area contributed by atoms with Crippen molar-refractivity contribution in [3.8, 4) is 0 Å². The van der Waals surface area contributed by atoms with Gasteiger partial charge in [-0.1, -0.05) is 71.7 Å². The minimum Gasteiger partial charge on any atom is -0.0882 e. The highest BCUT2D eigenvalue weighted by atomic mass is 35.5. The summed E-state index contributed by atoms with van der Waals surface area (Å²) in [5, 5.41) is 2.00. The zero-order valence-corrected chi connectivity index (χ0v) is 15.5. The van der Waals surface area contributed by atoms with Gasteiger partial charge in [0, 0.05) is 21.9 Å². The van der Waals surface area contributed by atoms with E-state index in [1.54, 1.807) is 0 Å². The van der Waals surface area contributed by atoms with Crippen molar-refractivity contribution in [1.82, 2.24) is 0 Å². The van der Waals surface area contributed by atoms with Gasteiger partial charge in [0.1, 0.15) is 0 Å². The predicted molar refractivity (Wildman–Crippen MR) is 104 cm³/mol. The van der Waals surface area contributed by atoms with Crippen molar-refractivity contribution in [2.75, 3.05) is 0 Å². The fourth-order valence-electron chi connectivity index (χ4n) is 4.24. The fraction of sp³-hybridized carbons (Fsp3) is 0.273. The van der Waals surface area contributed by atoms with Gasteiger partial charge in [0.05, 0.1) is 0 Å². The molecule has 0 N–H and O–H groups in total. The quantitative estimate of drug-likeness (QED) is 0.542. The Bertz CT molecular complexity index is 800. The summed E-state index contributed by atoms with van der Waals surface area (Å²) in [4.78, 5) is 0. The van der Waals surface area contributed by atoms with Gasteiger partial charge in [-0.2, -0.15) is 0 Å². The molecule has 0 nitrogen and oxygen atoms in total. The molecule has 0 amide bonds. The third kappa shape index (κ3) is 2.36. The van der Waals surface area contributed by atoms with E-state index in [-0.39, 0.29) is 0 Å². The van der Waals surface area contributed by atoms with E-state index in [1.807, 2.05) is 0 Å². The van der Waals surface area contributed by atoms with Crippen LogP contribution in [-0.2, 0) is 0 Å². The van der Waals surface area contributed by atoms with Crippen LogP contribution in [0, 0.1) is 0 Å². The minimum atomic E-state index is 0.306. The first-order valence-electron chi connectivity index (χ1n) is 8.50. The van der Waals surface area contributed by atoms with Gasteiger partial charge in [-0.05, 0) is 60.1 Å². The molecule has 0 fully saturated rings. The molecule has 2 aromatic carbocycles. The van der Waals surface area contributed by atoms with Gasteiger partial charge in [0.25, 0.3) is 0 Å². The topological polar surface area (TPSA) is 0 Å². The van der Waals surface area contributed by atoms with Crippen LogP contribution in [0.4, 0.5) is 0 Å². The van der Waals surface area contributed by atoms with Gasteiger partial charge in [-0.15, -0.1) is 0 Å². The molecule has 0 heterocycles. The molecule has 2 aromatic rings. The number of fused-ring (bicyclic) bond motifs is 2. The van der Waals surface area contributed by atoms with Crippen LogP contribution in [-0.4, -0.2) is 0 Å². The number of allylic oxidation sites excluding steroid dienone is 4. The van der Waals surface area contributed by atoms with Crippen LogP contribution >= 0.6 is 23.2 Å². The van der Waals surface area contributed by atoms with Crippen LogP contribution in [0.25, 0.3) is 11.1 Å². The van der Waals surface area contributed by atoms with Crippen LogP contribution in [0.15, 0.2) is 58.6 Å². The lowest BCUT2D eigenvalue weighted by atomic mass is 9.89. The van der Waals surface area contributed by atoms with Gasteiger partial charge >= 0.3 is 0 Å². The highest BCUT2D eigenvalue weighted by Crippen LogP contribution is 2.50. The second kappa shape index (κ2) is 6.10. The van der Waals surface area contributed by atoms with Crippen molar-refractivity contribution in [2.24, 2.45) is 0 Å². The molecule has 0 saturated heterocycles. The average Bonchev–Trinajstić information content (AvgIpc) is 3.00. The smallest absolute Gasteiger partial charge is 0.0291 e. The Balaban J connectivity index is 1.61. The molecule has 0 spiro atoms. The zero-order chi connectivity index (χ0) is 16.8. The van der Waals surface area contributed by atoms with Crippen molar-refractivity contribution >= 4 is 34.3 Å². The van der Waals surface area contributed by atoms with Gasteiger partial charge in [-0.3, -0.25) is 0 Å². The third-order valence-electron chi connectivity index (χ3n) is 5.55. The maximum Gasteiger partial charge on any atom is 0.0291 e. The van der Waals surface area contributed by atoms with Crippen molar-refractivity contribution < 1.29 is 0 Å². The van der Waals surface area contributed by atoms with Gasteiger partial charge < -0.3 is 0 Å². The van der Waals surface area contributed by atoms with Crippen LogP contribution in [0.5, 0.6) is 0 Å². The van der Waals surface area contributed by atoms with E-state index in [4.69, 9.17) is 23.2 Å². The lowest BCUT2D eigenvalue weighted by Crippen LogP contribution is -2.02. The number of halogens is 2. The van der Waals surface area contributed by atoms with E-state index in [1.165, 1.54) is 33.4 Å². The van der Waals surface area contributed by atoms with Crippen molar-refractivity contribution in [3.05, 3.63) is 80.8 Å². The summed E-state index contributed by atoms with van der Waals surface area (Å²) in [6.45, 7) is 4.26. The lowest BCUT2D eigenvalue weighted by Gasteiger charge is -2.18. The maximum absolute atomic E-state index is 6.68. The standard InChI is InChI=1S/C22H20Cl2/c1-13-15-7-3-5-9-17(15)19(21(13)23)11-12-20-18-10-6-4-8-16(18)14(2)22(20)24/h3-10,19-20H,11-12H2,1-2H3. The van der Waals surface area contributed by atoms with E-state index in [0.29, 0.717) is 11.8 Å². The number of hydrogen-bond donors (Lipinski definition) is 0. The Labute approximate surface area is 153 Å². The van der Waals surface area contributed by atoms with E-state index >= 15 is 0 Å². The van der Waals surface area contributed by atoms with E-state index in [2.05, 4.69) is 62.4 Å². The molecule has 0 aliphatic heterocycles. The summed E-state index contributed by atoms with van der Waals surface area (Å²) in [5.41, 5.74) is 7.78. The Morgan fingerprint density at radius 2 is 1.04 bits per heavy atom. The van der Waals surface area contributed by atoms with Crippen molar-refractivity contribution in [1.29, 1.82) is 0 Å². The summed E-state index contributed by atoms with van der Waals surface area (Å²) in [5.74, 6) is 0.612. The summed E-state index contributed by atoms with van der Waals surface area (Å²) >= 11 is 13.4. The second-order valence-corrected chi connectivity index (χ2v) is 7.62. The molecule has 4 rings (SSSR count). The number of rotatable bonds is 3. The summed E-state index contributed by atoms with van der Waals surface area (Å²) < 4.78 is 0. The molecule has 2 atom stereocenters. The minimum absolute atomic E-state index is 0.306.